The number of hydrogen-bond acceptors (Lipinski definition) is 3. The van der Waals surface area contributed by atoms with E-state index in [-0.39, 0.29) is 17.7 Å². The zero-order valence-corrected chi connectivity index (χ0v) is 7.09. The van der Waals surface area contributed by atoms with Crippen LogP contribution in [-0.4, -0.2) is 19.2 Å². The number of rotatable bonds is 1. The first kappa shape index (κ1) is 8.31. The van der Waals surface area contributed by atoms with E-state index in [0.29, 0.717) is 18.8 Å². The van der Waals surface area contributed by atoms with E-state index in [1.807, 2.05) is 0 Å². The normalized spacial score (nSPS) is 20.0. The fraction of sp³-hybridized carbons (Fsp3) is 0.333. The Kier molecular flexibility index (Phi) is 2.06. The largest absolute Gasteiger partial charge is 0.482 e. The van der Waals surface area contributed by atoms with Gasteiger partial charge in [-0.25, -0.2) is 4.39 Å². The Morgan fingerprint density at radius 2 is 2.46 bits per heavy atom. The summed E-state index contributed by atoms with van der Waals surface area (Å²) in [6.45, 7) is 1.02. The number of halogens is 1. The Morgan fingerprint density at radius 3 is 3.23 bits per heavy atom. The van der Waals surface area contributed by atoms with Crippen LogP contribution in [0, 0.1) is 5.82 Å². The maximum atomic E-state index is 13.2. The summed E-state index contributed by atoms with van der Waals surface area (Å²) in [5, 5.41) is 3.06. The molecule has 1 aliphatic heterocycles. The number of fused-ring (bicyclic) bond motifs is 1. The lowest BCUT2D eigenvalue weighted by Gasteiger charge is -2.26. The number of nitrogens with two attached hydrogens (primary N) is 1. The monoisotopic (exact) mass is 182 g/mol. The third kappa shape index (κ3) is 1.45. The number of nitrogens with one attached hydrogen (secondary N) is 1. The zero-order chi connectivity index (χ0) is 9.26. The molecule has 1 atom stereocenters. The first-order valence-electron chi connectivity index (χ1n) is 4.20. The molecule has 1 aliphatic rings. The van der Waals surface area contributed by atoms with E-state index in [1.54, 1.807) is 12.1 Å². The molecule has 0 bridgehead atoms. The van der Waals surface area contributed by atoms with Gasteiger partial charge in [-0.15, -0.1) is 0 Å². The minimum absolute atomic E-state index is 0.135. The highest BCUT2D eigenvalue weighted by molar-refractivity contribution is 5.58. The van der Waals surface area contributed by atoms with Gasteiger partial charge < -0.3 is 15.8 Å². The second-order valence-corrected chi connectivity index (χ2v) is 2.97. The van der Waals surface area contributed by atoms with Crippen molar-refractivity contribution in [2.75, 3.05) is 18.4 Å². The molecule has 0 saturated heterocycles. The molecule has 0 amide bonds. The highest BCUT2D eigenvalue weighted by atomic mass is 19.1. The van der Waals surface area contributed by atoms with Gasteiger partial charge in [0.15, 0.2) is 11.6 Å². The second-order valence-electron chi connectivity index (χ2n) is 2.97. The lowest BCUT2D eigenvalue weighted by molar-refractivity contribution is 0.204. The zero-order valence-electron chi connectivity index (χ0n) is 7.09. The molecule has 0 unspecified atom stereocenters. The summed E-state index contributed by atoms with van der Waals surface area (Å²) in [6.07, 6.45) is -0.135. The van der Waals surface area contributed by atoms with E-state index in [2.05, 4.69) is 5.32 Å². The van der Waals surface area contributed by atoms with Gasteiger partial charge in [0.05, 0.1) is 12.2 Å². The fourth-order valence-corrected chi connectivity index (χ4v) is 1.33. The minimum atomic E-state index is -0.344. The number of benzene rings is 1. The fourth-order valence-electron chi connectivity index (χ4n) is 1.33. The molecule has 0 spiro atoms. The van der Waals surface area contributed by atoms with Gasteiger partial charge in [0.25, 0.3) is 0 Å². The van der Waals surface area contributed by atoms with Crippen molar-refractivity contribution in [2.45, 2.75) is 6.10 Å². The van der Waals surface area contributed by atoms with Crippen molar-refractivity contribution in [3.05, 3.63) is 24.0 Å². The maximum absolute atomic E-state index is 13.2. The first-order valence-corrected chi connectivity index (χ1v) is 4.20. The number of ether oxygens (including phenoxy) is 1. The van der Waals surface area contributed by atoms with Crippen LogP contribution in [0.3, 0.4) is 0 Å². The van der Waals surface area contributed by atoms with Crippen LogP contribution in [0.15, 0.2) is 18.2 Å². The van der Waals surface area contributed by atoms with Gasteiger partial charge in [0, 0.05) is 6.54 Å². The molecule has 1 aromatic rings. The molecule has 70 valence electrons. The second kappa shape index (κ2) is 3.22. The van der Waals surface area contributed by atoms with Gasteiger partial charge in [-0.1, -0.05) is 6.07 Å². The molecule has 0 aliphatic carbocycles. The van der Waals surface area contributed by atoms with Crippen molar-refractivity contribution >= 4 is 5.69 Å². The molecule has 1 heterocycles. The van der Waals surface area contributed by atoms with Crippen molar-refractivity contribution in [2.24, 2.45) is 5.73 Å². The van der Waals surface area contributed by atoms with Crippen LogP contribution in [0.4, 0.5) is 10.1 Å². The molecule has 0 fully saturated rings. The van der Waals surface area contributed by atoms with Crippen molar-refractivity contribution in [3.63, 3.8) is 0 Å². The molecule has 0 aromatic heterocycles. The third-order valence-electron chi connectivity index (χ3n) is 2.03. The van der Waals surface area contributed by atoms with Crippen LogP contribution < -0.4 is 15.8 Å². The lowest BCUT2D eigenvalue weighted by atomic mass is 10.2. The van der Waals surface area contributed by atoms with Crippen LogP contribution >= 0.6 is 0 Å². The summed E-state index contributed by atoms with van der Waals surface area (Å²) >= 11 is 0. The number of anilines is 1. The maximum Gasteiger partial charge on any atom is 0.178 e. The van der Waals surface area contributed by atoms with Crippen LogP contribution in [0.2, 0.25) is 0 Å². The van der Waals surface area contributed by atoms with Gasteiger partial charge in [0.1, 0.15) is 6.10 Å². The number of hydrogen-bond donors (Lipinski definition) is 2. The van der Waals surface area contributed by atoms with Crippen LogP contribution in [0.5, 0.6) is 5.75 Å². The molecule has 2 rings (SSSR count). The lowest BCUT2D eigenvalue weighted by Crippen LogP contribution is -2.37. The summed E-state index contributed by atoms with van der Waals surface area (Å²) in [6, 6.07) is 4.80. The summed E-state index contributed by atoms with van der Waals surface area (Å²) in [7, 11) is 0. The van der Waals surface area contributed by atoms with Crippen molar-refractivity contribution in [1.82, 2.24) is 0 Å². The third-order valence-corrected chi connectivity index (χ3v) is 2.03. The van der Waals surface area contributed by atoms with E-state index < -0.39 is 0 Å². The van der Waals surface area contributed by atoms with Crippen LogP contribution in [0.25, 0.3) is 0 Å². The molecule has 3 N–H and O–H groups in total. The molecule has 3 nitrogen and oxygen atoms in total. The molecular formula is C9H11FN2O. The van der Waals surface area contributed by atoms with Crippen molar-refractivity contribution in [1.29, 1.82) is 0 Å². The van der Waals surface area contributed by atoms with Gasteiger partial charge in [-0.3, -0.25) is 0 Å². The molecule has 1 aromatic carbocycles. The van der Waals surface area contributed by atoms with Crippen molar-refractivity contribution in [3.8, 4) is 5.75 Å². The molecular weight excluding hydrogens is 171 g/mol. The van der Waals surface area contributed by atoms with E-state index in [0.717, 1.165) is 0 Å². The molecule has 0 radical (unpaired) electrons. The average Bonchev–Trinajstić information content (AvgIpc) is 2.18. The Hall–Kier alpha value is -1.29. The Labute approximate surface area is 75.7 Å². The predicted molar refractivity (Wildman–Crippen MR) is 48.4 cm³/mol. The summed E-state index contributed by atoms with van der Waals surface area (Å²) in [5.41, 5.74) is 6.12. The summed E-state index contributed by atoms with van der Waals surface area (Å²) in [4.78, 5) is 0. The van der Waals surface area contributed by atoms with Gasteiger partial charge in [-0.05, 0) is 12.1 Å². The summed E-state index contributed by atoms with van der Waals surface area (Å²) < 4.78 is 18.5. The Balaban J connectivity index is 2.32. The quantitative estimate of drug-likeness (QED) is 0.680. The van der Waals surface area contributed by atoms with Gasteiger partial charge in [-0.2, -0.15) is 0 Å². The SMILES string of the molecule is NC[C@@H]1CNc2cccc(F)c2O1. The van der Waals surface area contributed by atoms with Gasteiger partial charge >= 0.3 is 0 Å². The van der Waals surface area contributed by atoms with Gasteiger partial charge in [0.2, 0.25) is 0 Å². The smallest absolute Gasteiger partial charge is 0.178 e. The Morgan fingerprint density at radius 1 is 1.62 bits per heavy atom. The highest BCUT2D eigenvalue weighted by Crippen LogP contribution is 2.31. The van der Waals surface area contributed by atoms with E-state index in [9.17, 15) is 4.39 Å². The standard InChI is InChI=1S/C9H11FN2O/c10-7-2-1-3-8-9(7)13-6(4-11)5-12-8/h1-3,6,12H,4-5,11H2/t6-/m1/s1. The topological polar surface area (TPSA) is 47.3 Å². The van der Waals surface area contributed by atoms with Crippen LogP contribution in [-0.2, 0) is 0 Å². The highest BCUT2D eigenvalue weighted by Gasteiger charge is 2.20. The molecule has 13 heavy (non-hydrogen) atoms. The van der Waals surface area contributed by atoms with E-state index in [4.69, 9.17) is 10.5 Å². The average molecular weight is 182 g/mol. The molecule has 4 heteroatoms. The Bertz CT molecular complexity index is 316. The number of para-hydroxylation sites is 1. The predicted octanol–water partition coefficient (Wildman–Crippen LogP) is 0.957. The van der Waals surface area contributed by atoms with E-state index in [1.165, 1.54) is 6.07 Å². The first-order chi connectivity index (χ1) is 6.31. The van der Waals surface area contributed by atoms with E-state index >= 15 is 0 Å². The van der Waals surface area contributed by atoms with Crippen molar-refractivity contribution < 1.29 is 9.13 Å². The minimum Gasteiger partial charge on any atom is -0.482 e. The molecule has 0 saturated carbocycles. The van der Waals surface area contributed by atoms with Crippen LogP contribution in [0.1, 0.15) is 0 Å². The summed E-state index contributed by atoms with van der Waals surface area (Å²) in [5.74, 6) is -0.0626.